The molecule has 0 fully saturated rings. The van der Waals surface area contributed by atoms with Crippen LogP contribution >= 0.6 is 68.0 Å². The maximum absolute atomic E-state index is 17.0. The zero-order valence-electron chi connectivity index (χ0n) is 44.7. The molecular weight excluding hydrogens is 976 g/mol. The largest absolute Gasteiger partial charge is 0.461 e. The molecule has 0 aliphatic heterocycles. The van der Waals surface area contributed by atoms with E-state index in [-0.39, 0.29) is 10.3 Å². The molecule has 1 aromatic carbocycles. The summed E-state index contributed by atoms with van der Waals surface area (Å²) in [6, 6.07) is 14.6. The molecule has 0 saturated carbocycles. The molecule has 0 bridgehead atoms. The summed E-state index contributed by atoms with van der Waals surface area (Å²) in [6.45, 7) is 28.1. The first-order valence-corrected chi connectivity index (χ1v) is 32.0. The van der Waals surface area contributed by atoms with E-state index in [0.717, 1.165) is 69.7 Å². The summed E-state index contributed by atoms with van der Waals surface area (Å²) in [6.07, 6.45) is 20.0. The van der Waals surface area contributed by atoms with E-state index in [1.165, 1.54) is 138 Å². The summed E-state index contributed by atoms with van der Waals surface area (Å²) >= 11 is 10.9. The highest BCUT2D eigenvalue weighted by molar-refractivity contribution is 7.32. The zero-order chi connectivity index (χ0) is 50.3. The van der Waals surface area contributed by atoms with E-state index in [9.17, 15) is 4.79 Å². The Balaban J connectivity index is 1.35. The maximum Gasteiger partial charge on any atom is 0.351 e. The summed E-state index contributed by atoms with van der Waals surface area (Å²) in [4.78, 5) is 24.1. The Hall–Kier alpha value is -2.40. The fourth-order valence-electron chi connectivity index (χ4n) is 9.80. The SMILES string of the molecule is CCCCCCCCOC(=O)c1sc2c(-c3cc4c(-c5ccc(CCC(C)CCCC(C)C)s5)c5sc(C(C)C)cc5c(-c5ccc(CCC(C)CCCC(C)C)s5)c4s3)sc(C(C)(C)CC)c2c1F. The first-order chi connectivity index (χ1) is 33.5. The van der Waals surface area contributed by atoms with Crippen molar-refractivity contribution in [2.24, 2.45) is 23.7 Å². The molecule has 70 heavy (non-hydrogen) atoms. The second kappa shape index (κ2) is 25.2. The van der Waals surface area contributed by atoms with Crippen LogP contribution in [0.4, 0.5) is 4.39 Å². The molecule has 2 unspecified atom stereocenters. The fraction of sp³-hybridized carbons (Fsp3) is 0.590. The summed E-state index contributed by atoms with van der Waals surface area (Å²) in [5, 5.41) is 3.26. The summed E-state index contributed by atoms with van der Waals surface area (Å²) < 4.78 is 26.4. The standard InChI is InChI=1S/C61H83FO2S6/c1-13-15-16-17-18-19-34-64-60(63)58-53(62)52-57(69-58)56(70-59(52)61(11,12)14-2)49-36-45-51(47-33-31-43(66-47)29-27-41(10)25-21-23-38(5)6)54-44(35-48(67-54)39(7)8)50(55(45)68-49)46-32-30-42(65-46)28-26-40(9)24-20-22-37(3)4/h30-33,35-41H,13-29,34H2,1-12H3. The number of halogens is 1. The topological polar surface area (TPSA) is 26.3 Å². The van der Waals surface area contributed by atoms with Crippen molar-refractivity contribution in [3.05, 3.63) is 66.6 Å². The Kier molecular flexibility index (Phi) is 19.9. The number of ether oxygens (including phenoxy) is 1. The average molecular weight is 1060 g/mol. The minimum atomic E-state index is -0.525. The van der Waals surface area contributed by atoms with Crippen LogP contribution in [0.2, 0.25) is 0 Å². The molecule has 7 rings (SSSR count). The third kappa shape index (κ3) is 13.3. The van der Waals surface area contributed by atoms with Gasteiger partial charge in [0.25, 0.3) is 0 Å². The Morgan fingerprint density at radius 2 is 1.16 bits per heavy atom. The van der Waals surface area contributed by atoms with Crippen LogP contribution < -0.4 is 0 Å². The van der Waals surface area contributed by atoms with Crippen molar-refractivity contribution in [3.8, 4) is 30.6 Å². The van der Waals surface area contributed by atoms with Crippen LogP contribution in [0.1, 0.15) is 214 Å². The molecule has 0 saturated heterocycles. The molecule has 0 aliphatic rings. The number of fused-ring (bicyclic) bond motifs is 3. The fourth-order valence-corrected chi connectivity index (χ4v) is 17.5. The Labute approximate surface area is 445 Å². The number of rotatable bonds is 28. The van der Waals surface area contributed by atoms with Crippen molar-refractivity contribution < 1.29 is 13.9 Å². The van der Waals surface area contributed by atoms with Crippen LogP contribution in [0.5, 0.6) is 0 Å². The van der Waals surface area contributed by atoms with Gasteiger partial charge in [-0.2, -0.15) is 0 Å². The number of hydrogen-bond donors (Lipinski definition) is 0. The smallest absolute Gasteiger partial charge is 0.351 e. The Morgan fingerprint density at radius 3 is 1.71 bits per heavy atom. The third-order valence-corrected chi connectivity index (χ3v) is 22.7. The number of carbonyl (C=O) groups excluding carboxylic acids is 1. The predicted molar refractivity (Wildman–Crippen MR) is 316 cm³/mol. The molecule has 6 aromatic heterocycles. The zero-order valence-corrected chi connectivity index (χ0v) is 49.6. The molecule has 7 aromatic rings. The number of unbranched alkanes of at least 4 members (excludes halogenated alkanes) is 5. The van der Waals surface area contributed by atoms with Gasteiger partial charge in [-0.05, 0) is 110 Å². The molecule has 0 radical (unpaired) electrons. The van der Waals surface area contributed by atoms with Crippen LogP contribution in [0.3, 0.4) is 0 Å². The number of aryl methyl sites for hydroxylation is 2. The lowest BCUT2D eigenvalue weighted by molar-refractivity contribution is 0.0499. The first-order valence-electron chi connectivity index (χ1n) is 27.1. The summed E-state index contributed by atoms with van der Waals surface area (Å²) in [5.41, 5.74) is 2.42. The van der Waals surface area contributed by atoms with E-state index in [1.807, 2.05) is 45.3 Å². The molecule has 9 heteroatoms. The van der Waals surface area contributed by atoms with E-state index >= 15 is 4.39 Å². The summed E-state index contributed by atoms with van der Waals surface area (Å²) in [7, 11) is 0. The lowest BCUT2D eigenvalue weighted by atomic mass is 9.87. The lowest BCUT2D eigenvalue weighted by Crippen LogP contribution is -2.14. The van der Waals surface area contributed by atoms with Gasteiger partial charge in [-0.25, -0.2) is 9.18 Å². The summed E-state index contributed by atoms with van der Waals surface area (Å²) in [5.74, 6) is 2.44. The first kappa shape index (κ1) is 55.4. The molecule has 382 valence electrons. The van der Waals surface area contributed by atoms with Crippen molar-refractivity contribution in [2.45, 2.75) is 204 Å². The highest BCUT2D eigenvalue weighted by Gasteiger charge is 2.34. The molecule has 0 N–H and O–H groups in total. The van der Waals surface area contributed by atoms with Gasteiger partial charge in [-0.3, -0.25) is 0 Å². The van der Waals surface area contributed by atoms with Crippen molar-refractivity contribution >= 4 is 104 Å². The van der Waals surface area contributed by atoms with Crippen LogP contribution in [0.15, 0.2) is 36.4 Å². The van der Waals surface area contributed by atoms with Crippen molar-refractivity contribution in [1.29, 1.82) is 0 Å². The second-order valence-corrected chi connectivity index (χ2v) is 29.0. The molecule has 0 aliphatic carbocycles. The minimum Gasteiger partial charge on any atom is -0.461 e. The van der Waals surface area contributed by atoms with Gasteiger partial charge in [0.2, 0.25) is 0 Å². The average Bonchev–Trinajstić information content (AvgIpc) is 4.19. The monoisotopic (exact) mass is 1060 g/mol. The van der Waals surface area contributed by atoms with Gasteiger partial charge < -0.3 is 4.74 Å². The van der Waals surface area contributed by atoms with Crippen LogP contribution in [-0.4, -0.2) is 12.6 Å². The molecule has 2 nitrogen and oxygen atoms in total. The number of thiophene rings is 6. The highest BCUT2D eigenvalue weighted by atomic mass is 32.1. The normalized spacial score (nSPS) is 13.4. The quantitative estimate of drug-likeness (QED) is 0.0361. The van der Waals surface area contributed by atoms with Crippen molar-refractivity contribution in [3.63, 3.8) is 0 Å². The van der Waals surface area contributed by atoms with E-state index in [0.29, 0.717) is 29.7 Å². The van der Waals surface area contributed by atoms with Crippen LogP contribution in [0.25, 0.3) is 60.9 Å². The third-order valence-electron chi connectivity index (χ3n) is 14.7. The maximum atomic E-state index is 17.0. The van der Waals surface area contributed by atoms with E-state index in [4.69, 9.17) is 4.74 Å². The van der Waals surface area contributed by atoms with Gasteiger partial charge in [0.1, 0.15) is 4.88 Å². The number of hydrogen-bond acceptors (Lipinski definition) is 8. The molecule has 0 spiro atoms. The molecule has 0 amide bonds. The van der Waals surface area contributed by atoms with Gasteiger partial charge in [-0.15, -0.1) is 68.0 Å². The lowest BCUT2D eigenvalue weighted by Gasteiger charge is -2.21. The van der Waals surface area contributed by atoms with Gasteiger partial charge in [0, 0.05) is 70.8 Å². The van der Waals surface area contributed by atoms with Crippen molar-refractivity contribution in [2.75, 3.05) is 6.61 Å². The van der Waals surface area contributed by atoms with Gasteiger partial charge >= 0.3 is 5.97 Å². The highest BCUT2D eigenvalue weighted by Crippen LogP contribution is 2.57. The van der Waals surface area contributed by atoms with Crippen molar-refractivity contribution in [1.82, 2.24) is 0 Å². The predicted octanol–water partition coefficient (Wildman–Crippen LogP) is 22.8. The van der Waals surface area contributed by atoms with Gasteiger partial charge in [0.05, 0.1) is 16.2 Å². The van der Waals surface area contributed by atoms with E-state index in [1.54, 1.807) is 11.3 Å². The van der Waals surface area contributed by atoms with Gasteiger partial charge in [-0.1, -0.05) is 154 Å². The number of benzene rings is 1. The van der Waals surface area contributed by atoms with Crippen LogP contribution in [0, 0.1) is 29.5 Å². The van der Waals surface area contributed by atoms with Crippen LogP contribution in [-0.2, 0) is 23.0 Å². The molecule has 6 heterocycles. The van der Waals surface area contributed by atoms with Gasteiger partial charge in [0.15, 0.2) is 5.82 Å². The Bertz CT molecular complexity index is 2660. The second-order valence-electron chi connectivity index (χ2n) is 22.5. The van der Waals surface area contributed by atoms with E-state index in [2.05, 4.69) is 119 Å². The minimum absolute atomic E-state index is 0.114. The molecule has 2 atom stereocenters. The number of carbonyl (C=O) groups is 1. The Morgan fingerprint density at radius 1 is 0.600 bits per heavy atom. The number of esters is 1. The van der Waals surface area contributed by atoms with E-state index < -0.39 is 11.8 Å². The molecular formula is C61H83FO2S6.